The number of halogens is 1. The summed E-state index contributed by atoms with van der Waals surface area (Å²) in [5, 5.41) is 0. The molecule has 0 spiro atoms. The molecule has 1 heterocycles. The fourth-order valence-electron chi connectivity index (χ4n) is 0.973. The van der Waals surface area contributed by atoms with Crippen molar-refractivity contribution in [1.29, 1.82) is 0 Å². The molecule has 1 rings (SSSR count). The number of hydrogen-bond donors (Lipinski definition) is 1. The lowest BCUT2D eigenvalue weighted by Crippen LogP contribution is -2.08. The molecule has 0 aliphatic carbocycles. The first-order valence-electron chi connectivity index (χ1n) is 4.38. The Labute approximate surface area is 94.7 Å². The van der Waals surface area contributed by atoms with Crippen LogP contribution in [0.2, 0.25) is 0 Å². The number of nitrogens with two attached hydrogens (primary N) is 1. The molecule has 0 aromatic carbocycles. The lowest BCUT2D eigenvalue weighted by Gasteiger charge is -2.00. The second-order valence-corrected chi connectivity index (χ2v) is 5.39. The third-order valence-electron chi connectivity index (χ3n) is 1.67. The highest BCUT2D eigenvalue weighted by Crippen LogP contribution is 2.08. The van der Waals surface area contributed by atoms with Crippen molar-refractivity contribution in [3.63, 3.8) is 0 Å². The molecule has 0 aliphatic rings. The van der Waals surface area contributed by atoms with E-state index in [2.05, 4.69) is 20.9 Å². The van der Waals surface area contributed by atoms with Gasteiger partial charge in [0.15, 0.2) is 0 Å². The van der Waals surface area contributed by atoms with Gasteiger partial charge in [-0.1, -0.05) is 0 Å². The summed E-state index contributed by atoms with van der Waals surface area (Å²) in [5.41, 5.74) is 6.20. The Morgan fingerprint density at radius 1 is 1.50 bits per heavy atom. The van der Waals surface area contributed by atoms with Crippen molar-refractivity contribution in [2.75, 3.05) is 12.3 Å². The fourth-order valence-corrected chi connectivity index (χ4v) is 2.34. The zero-order valence-electron chi connectivity index (χ0n) is 7.78. The largest absolute Gasteiger partial charge is 0.330 e. The Morgan fingerprint density at radius 2 is 2.29 bits per heavy atom. The Kier molecular flexibility index (Phi) is 5.29. The summed E-state index contributed by atoms with van der Waals surface area (Å²) in [7, 11) is -0.835. The van der Waals surface area contributed by atoms with Crippen LogP contribution in [0.15, 0.2) is 22.8 Å². The molecule has 0 aliphatic heterocycles. The van der Waals surface area contributed by atoms with Crippen LogP contribution in [-0.4, -0.2) is 21.5 Å². The van der Waals surface area contributed by atoms with E-state index in [-0.39, 0.29) is 0 Å². The molecule has 0 saturated carbocycles. The predicted octanol–water partition coefficient (Wildman–Crippen LogP) is 1.44. The van der Waals surface area contributed by atoms with Crippen LogP contribution in [0, 0.1) is 0 Å². The number of rotatable bonds is 5. The average Bonchev–Trinajstić information content (AvgIpc) is 2.18. The highest BCUT2D eigenvalue weighted by molar-refractivity contribution is 9.10. The molecule has 0 radical (unpaired) electrons. The standard InChI is InChI=1S/C9H13BrN2OS/c10-8-2-3-9(12-6-8)7-14(13)5-1-4-11/h2-3,6H,1,4-5,7,11H2. The highest BCUT2D eigenvalue weighted by Gasteiger charge is 2.02. The number of pyridine rings is 1. The van der Waals surface area contributed by atoms with Crippen LogP contribution in [0.4, 0.5) is 0 Å². The van der Waals surface area contributed by atoms with E-state index < -0.39 is 10.8 Å². The van der Waals surface area contributed by atoms with Gasteiger partial charge in [0.2, 0.25) is 0 Å². The molecule has 78 valence electrons. The van der Waals surface area contributed by atoms with E-state index in [1.165, 1.54) is 0 Å². The van der Waals surface area contributed by atoms with Crippen molar-refractivity contribution in [3.8, 4) is 0 Å². The molecule has 1 atom stereocenters. The average molecular weight is 277 g/mol. The van der Waals surface area contributed by atoms with E-state index in [9.17, 15) is 4.21 Å². The quantitative estimate of drug-likeness (QED) is 0.886. The molecule has 3 nitrogen and oxygen atoms in total. The van der Waals surface area contributed by atoms with Gasteiger partial charge in [0, 0.05) is 27.2 Å². The minimum Gasteiger partial charge on any atom is -0.330 e. The summed E-state index contributed by atoms with van der Waals surface area (Å²) in [4.78, 5) is 4.16. The maximum absolute atomic E-state index is 11.5. The van der Waals surface area contributed by atoms with E-state index in [4.69, 9.17) is 5.73 Å². The summed E-state index contributed by atoms with van der Waals surface area (Å²) >= 11 is 3.30. The molecule has 5 heteroatoms. The highest BCUT2D eigenvalue weighted by atomic mass is 79.9. The first-order valence-corrected chi connectivity index (χ1v) is 6.66. The van der Waals surface area contributed by atoms with Crippen LogP contribution in [0.1, 0.15) is 12.1 Å². The lowest BCUT2D eigenvalue weighted by molar-refractivity contribution is 0.679. The summed E-state index contributed by atoms with van der Waals surface area (Å²) < 4.78 is 12.4. The van der Waals surface area contributed by atoms with Crippen LogP contribution >= 0.6 is 15.9 Å². The van der Waals surface area contributed by atoms with Crippen molar-refractivity contribution >= 4 is 26.7 Å². The summed E-state index contributed by atoms with van der Waals surface area (Å²) in [6.07, 6.45) is 2.53. The molecule has 0 fully saturated rings. The molecule has 14 heavy (non-hydrogen) atoms. The first-order chi connectivity index (χ1) is 6.72. The Balaban J connectivity index is 2.44. The van der Waals surface area contributed by atoms with Crippen LogP contribution in [0.25, 0.3) is 0 Å². The topological polar surface area (TPSA) is 56.0 Å². The molecule has 1 aromatic heterocycles. The van der Waals surface area contributed by atoms with Gasteiger partial charge >= 0.3 is 0 Å². The molecule has 0 bridgehead atoms. The van der Waals surface area contributed by atoms with Crippen molar-refractivity contribution in [3.05, 3.63) is 28.5 Å². The van der Waals surface area contributed by atoms with Gasteiger partial charge < -0.3 is 5.73 Å². The van der Waals surface area contributed by atoms with E-state index in [1.54, 1.807) is 6.20 Å². The zero-order chi connectivity index (χ0) is 10.4. The van der Waals surface area contributed by atoms with Crippen molar-refractivity contribution < 1.29 is 4.21 Å². The minimum atomic E-state index is -0.835. The molecule has 2 N–H and O–H groups in total. The van der Waals surface area contributed by atoms with Gasteiger partial charge in [-0.3, -0.25) is 9.19 Å². The van der Waals surface area contributed by atoms with Crippen LogP contribution in [-0.2, 0) is 16.6 Å². The third-order valence-corrected chi connectivity index (χ3v) is 3.50. The lowest BCUT2D eigenvalue weighted by atomic mass is 10.4. The third kappa shape index (κ3) is 4.30. The fraction of sp³-hybridized carbons (Fsp3) is 0.444. The smallest absolute Gasteiger partial charge is 0.0658 e. The summed E-state index contributed by atoms with van der Waals surface area (Å²) in [6, 6.07) is 3.78. The maximum atomic E-state index is 11.5. The van der Waals surface area contributed by atoms with Gasteiger partial charge in [-0.15, -0.1) is 0 Å². The molecule has 1 aromatic rings. The number of nitrogens with zero attached hydrogens (tertiary/aromatic N) is 1. The summed E-state index contributed by atoms with van der Waals surface area (Å²) in [6.45, 7) is 0.597. The van der Waals surface area contributed by atoms with Gasteiger partial charge in [-0.05, 0) is 41.0 Å². The Hall–Kier alpha value is -0.260. The van der Waals surface area contributed by atoms with Crippen molar-refractivity contribution in [1.82, 2.24) is 4.98 Å². The van der Waals surface area contributed by atoms with E-state index in [1.807, 2.05) is 12.1 Å². The van der Waals surface area contributed by atoms with E-state index >= 15 is 0 Å². The summed E-state index contributed by atoms with van der Waals surface area (Å²) in [5.74, 6) is 1.18. The van der Waals surface area contributed by atoms with Crippen LogP contribution in [0.5, 0.6) is 0 Å². The van der Waals surface area contributed by atoms with Gasteiger partial charge in [0.1, 0.15) is 0 Å². The number of aromatic nitrogens is 1. The van der Waals surface area contributed by atoms with E-state index in [0.29, 0.717) is 18.1 Å². The number of hydrogen-bond acceptors (Lipinski definition) is 3. The first kappa shape index (κ1) is 11.8. The van der Waals surface area contributed by atoms with Gasteiger partial charge in [0.05, 0.1) is 11.4 Å². The van der Waals surface area contributed by atoms with Gasteiger partial charge in [0.25, 0.3) is 0 Å². The van der Waals surface area contributed by atoms with Crippen LogP contribution in [0.3, 0.4) is 0 Å². The molecule has 0 amide bonds. The maximum Gasteiger partial charge on any atom is 0.0658 e. The molecular weight excluding hydrogens is 264 g/mol. The molecule has 0 saturated heterocycles. The molecular formula is C9H13BrN2OS. The van der Waals surface area contributed by atoms with Crippen molar-refractivity contribution in [2.24, 2.45) is 5.73 Å². The normalized spacial score (nSPS) is 12.7. The second kappa shape index (κ2) is 6.27. The van der Waals surface area contributed by atoms with Crippen molar-refractivity contribution in [2.45, 2.75) is 12.2 Å². The van der Waals surface area contributed by atoms with Gasteiger partial charge in [-0.25, -0.2) is 0 Å². The Bertz CT molecular complexity index is 302. The van der Waals surface area contributed by atoms with Crippen LogP contribution < -0.4 is 5.73 Å². The molecule has 1 unspecified atom stereocenters. The minimum absolute atomic E-state index is 0.521. The Morgan fingerprint density at radius 3 is 2.86 bits per heavy atom. The zero-order valence-corrected chi connectivity index (χ0v) is 10.2. The monoisotopic (exact) mass is 276 g/mol. The van der Waals surface area contributed by atoms with E-state index in [0.717, 1.165) is 16.6 Å². The second-order valence-electron chi connectivity index (χ2n) is 2.90. The van der Waals surface area contributed by atoms with Gasteiger partial charge in [-0.2, -0.15) is 0 Å². The SMILES string of the molecule is NCCCS(=O)Cc1ccc(Br)cn1. The predicted molar refractivity (Wildman–Crippen MR) is 62.3 cm³/mol.